The molecule has 1 unspecified atom stereocenters. The monoisotopic (exact) mass is 585 g/mol. The van der Waals surface area contributed by atoms with E-state index < -0.39 is 27.4 Å². The number of nitroso groups, excluding NO2 is 1. The van der Waals surface area contributed by atoms with Gasteiger partial charge in [-0.25, -0.2) is 8.42 Å². The van der Waals surface area contributed by atoms with Crippen LogP contribution in [0.15, 0.2) is 88.9 Å². The van der Waals surface area contributed by atoms with Gasteiger partial charge in [-0.15, -0.1) is 4.91 Å². The van der Waals surface area contributed by atoms with E-state index in [1.54, 1.807) is 12.1 Å². The summed E-state index contributed by atoms with van der Waals surface area (Å²) in [5.41, 5.74) is 3.58. The highest BCUT2D eigenvalue weighted by atomic mass is 32.2. The van der Waals surface area contributed by atoms with Crippen molar-refractivity contribution in [1.29, 1.82) is 0 Å². The molecule has 7 nitrogen and oxygen atoms in total. The van der Waals surface area contributed by atoms with Crippen molar-refractivity contribution in [2.24, 2.45) is 11.1 Å². The van der Waals surface area contributed by atoms with Crippen LogP contribution < -0.4 is 0 Å². The van der Waals surface area contributed by atoms with E-state index in [0.717, 1.165) is 36.0 Å². The molecule has 4 fully saturated rings. The van der Waals surface area contributed by atoms with E-state index in [2.05, 4.69) is 29.4 Å². The van der Waals surface area contributed by atoms with Gasteiger partial charge in [-0.1, -0.05) is 72.8 Å². The molecule has 3 aromatic carbocycles. The van der Waals surface area contributed by atoms with Crippen LogP contribution in [-0.2, 0) is 24.1 Å². The topological polar surface area (TPSA) is 99.1 Å². The zero-order chi connectivity index (χ0) is 28.9. The second-order valence-electron chi connectivity index (χ2n) is 12.5. The van der Waals surface area contributed by atoms with E-state index in [1.807, 2.05) is 42.5 Å². The summed E-state index contributed by atoms with van der Waals surface area (Å²) in [5, 5.41) is 2.53. The van der Waals surface area contributed by atoms with Gasteiger partial charge in [-0.05, 0) is 78.7 Å². The highest BCUT2D eigenvalue weighted by Crippen LogP contribution is 2.55. The summed E-state index contributed by atoms with van der Waals surface area (Å²) in [4.78, 5) is 24.9. The molecule has 4 aliphatic rings. The van der Waals surface area contributed by atoms with Crippen LogP contribution in [0.1, 0.15) is 97.7 Å². The van der Waals surface area contributed by atoms with Gasteiger partial charge in [0.05, 0.1) is 16.1 Å². The number of amides is 1. The lowest BCUT2D eigenvalue weighted by Crippen LogP contribution is -2.27. The van der Waals surface area contributed by atoms with Crippen molar-refractivity contribution in [3.05, 3.63) is 106 Å². The predicted molar refractivity (Wildman–Crippen MR) is 157 cm³/mol. The van der Waals surface area contributed by atoms with Gasteiger partial charge >= 0.3 is 0 Å². The predicted octanol–water partition coefficient (Wildman–Crippen LogP) is 7.29. The molecule has 4 atom stereocenters. The fraction of sp³-hybridized carbons (Fsp3) is 0.441. The molecule has 7 rings (SSSR count). The smallest absolute Gasteiger partial charge is 0.293 e. The fourth-order valence-corrected chi connectivity index (χ4v) is 8.89. The molecular formula is C34H35NO6S. The number of nitrogens with zero attached hydrogens (tertiary/aromatic N) is 1. The van der Waals surface area contributed by atoms with Crippen LogP contribution in [0.3, 0.4) is 0 Å². The van der Waals surface area contributed by atoms with Crippen LogP contribution in [0.4, 0.5) is 0 Å². The standard InChI is InChI=1S/C34H35NO6S/c36-33(35-37)29(26-13-16-30(28(20-26)23-11-12-23)42(38,39)27-14-15-27)19-22-17-18-34(21-22)40-31(24-7-3-1-4-8-24)32(41-34)25-9-5-2-6-10-25/h1-10,13,16,20,22-23,27,29,31-32H,11-12,14-15,17-19,21H2/t22-,29?,31-,32-/m1/s1. The zero-order valence-corrected chi connectivity index (χ0v) is 24.2. The first-order valence-corrected chi connectivity index (χ1v) is 16.6. The maximum atomic E-state index is 13.1. The van der Waals surface area contributed by atoms with Crippen LogP contribution in [0.5, 0.6) is 0 Å². The van der Waals surface area contributed by atoms with Crippen molar-refractivity contribution < 1.29 is 22.7 Å². The van der Waals surface area contributed by atoms with E-state index in [9.17, 15) is 18.1 Å². The molecular weight excluding hydrogens is 550 g/mol. The minimum atomic E-state index is -3.37. The minimum Gasteiger partial charge on any atom is -0.339 e. The summed E-state index contributed by atoms with van der Waals surface area (Å²) >= 11 is 0. The Bertz CT molecular complexity index is 1540. The molecule has 42 heavy (non-hydrogen) atoms. The highest BCUT2D eigenvalue weighted by Gasteiger charge is 2.53. The Labute approximate surface area is 246 Å². The molecule has 0 N–H and O–H groups in total. The quantitative estimate of drug-likeness (QED) is 0.245. The van der Waals surface area contributed by atoms with Crippen LogP contribution in [0, 0.1) is 10.8 Å². The number of ether oxygens (including phenoxy) is 2. The van der Waals surface area contributed by atoms with Crippen molar-refractivity contribution in [2.75, 3.05) is 0 Å². The molecule has 3 saturated carbocycles. The molecule has 0 aromatic heterocycles. The van der Waals surface area contributed by atoms with E-state index >= 15 is 0 Å². The van der Waals surface area contributed by atoms with Gasteiger partial charge in [-0.3, -0.25) is 4.79 Å². The summed E-state index contributed by atoms with van der Waals surface area (Å²) in [6, 6.07) is 25.5. The van der Waals surface area contributed by atoms with Crippen LogP contribution >= 0.6 is 0 Å². The van der Waals surface area contributed by atoms with Crippen LogP contribution in [-0.4, -0.2) is 25.4 Å². The third-order valence-corrected chi connectivity index (χ3v) is 11.8. The largest absolute Gasteiger partial charge is 0.339 e. The summed E-state index contributed by atoms with van der Waals surface area (Å²) in [6.45, 7) is 0. The SMILES string of the molecule is O=NC(=O)C(C[C@H]1CCC2(C1)O[C@H](c1ccccc1)[C@@H](c1ccccc1)O2)c1ccc(S(=O)(=O)C2CC2)c(C2CC2)c1. The van der Waals surface area contributed by atoms with Crippen molar-refractivity contribution >= 4 is 15.7 Å². The fourth-order valence-electron chi connectivity index (χ4n) is 6.96. The molecule has 1 spiro atoms. The van der Waals surface area contributed by atoms with Crippen molar-refractivity contribution in [1.82, 2.24) is 0 Å². The first-order valence-electron chi connectivity index (χ1n) is 15.1. The number of hydrogen-bond acceptors (Lipinski definition) is 6. The van der Waals surface area contributed by atoms with Gasteiger partial charge in [0, 0.05) is 18.0 Å². The van der Waals surface area contributed by atoms with E-state index in [4.69, 9.17) is 9.47 Å². The van der Waals surface area contributed by atoms with Crippen LogP contribution in [0.2, 0.25) is 0 Å². The Morgan fingerprint density at radius 3 is 2.02 bits per heavy atom. The first kappa shape index (κ1) is 27.6. The molecule has 8 heteroatoms. The molecule has 0 radical (unpaired) electrons. The van der Waals surface area contributed by atoms with Gasteiger partial charge < -0.3 is 9.47 Å². The average molecular weight is 586 g/mol. The third-order valence-electron chi connectivity index (χ3n) is 9.43. The first-order chi connectivity index (χ1) is 20.4. The Morgan fingerprint density at radius 2 is 1.48 bits per heavy atom. The summed E-state index contributed by atoms with van der Waals surface area (Å²) < 4.78 is 39.8. The van der Waals surface area contributed by atoms with Gasteiger partial charge in [-0.2, -0.15) is 0 Å². The maximum absolute atomic E-state index is 13.1. The molecule has 1 heterocycles. The molecule has 0 bridgehead atoms. The molecule has 1 amide bonds. The second kappa shape index (κ2) is 10.8. The summed E-state index contributed by atoms with van der Waals surface area (Å²) in [6.07, 6.45) is 5.27. The number of rotatable bonds is 9. The molecule has 3 aliphatic carbocycles. The van der Waals surface area contributed by atoms with Crippen molar-refractivity contribution in [2.45, 2.75) is 91.3 Å². The Morgan fingerprint density at radius 1 is 0.857 bits per heavy atom. The highest BCUT2D eigenvalue weighted by molar-refractivity contribution is 7.92. The second-order valence-corrected chi connectivity index (χ2v) is 14.6. The third kappa shape index (κ3) is 5.25. The van der Waals surface area contributed by atoms with E-state index in [0.29, 0.717) is 42.6 Å². The lowest BCUT2D eigenvalue weighted by atomic mass is 9.86. The lowest BCUT2D eigenvalue weighted by Gasteiger charge is -2.24. The zero-order valence-electron chi connectivity index (χ0n) is 23.4. The summed E-state index contributed by atoms with van der Waals surface area (Å²) in [5.74, 6) is -1.96. The number of hydrogen-bond donors (Lipinski definition) is 0. The van der Waals surface area contributed by atoms with Gasteiger partial charge in [0.15, 0.2) is 15.6 Å². The maximum Gasteiger partial charge on any atom is 0.293 e. The number of sulfone groups is 1. The Kier molecular flexibility index (Phi) is 7.11. The van der Waals surface area contributed by atoms with Crippen LogP contribution in [0.25, 0.3) is 0 Å². The van der Waals surface area contributed by atoms with Crippen molar-refractivity contribution in [3.8, 4) is 0 Å². The van der Waals surface area contributed by atoms with E-state index in [1.165, 1.54) is 0 Å². The molecule has 1 saturated heterocycles. The summed E-state index contributed by atoms with van der Waals surface area (Å²) in [7, 11) is -3.37. The number of carbonyl (C=O) groups excluding carboxylic acids is 1. The Hall–Kier alpha value is -3.20. The van der Waals surface area contributed by atoms with Crippen molar-refractivity contribution in [3.63, 3.8) is 0 Å². The van der Waals surface area contributed by atoms with E-state index in [-0.39, 0.29) is 29.3 Å². The number of benzene rings is 3. The molecule has 1 aliphatic heterocycles. The normalized spacial score (nSPS) is 25.9. The van der Waals surface area contributed by atoms with Gasteiger partial charge in [0.1, 0.15) is 12.2 Å². The minimum absolute atomic E-state index is 0.0749. The molecule has 3 aromatic rings. The lowest BCUT2D eigenvalue weighted by molar-refractivity contribution is -0.173. The number of carbonyl (C=O) groups is 1. The Balaban J connectivity index is 1.14. The van der Waals surface area contributed by atoms with Gasteiger partial charge in [0.25, 0.3) is 5.91 Å². The average Bonchev–Trinajstić information content (AvgIpc) is 3.97. The van der Waals surface area contributed by atoms with Gasteiger partial charge in [0.2, 0.25) is 0 Å². The molecule has 218 valence electrons.